The number of hydrogen-bond donors (Lipinski definition) is 0. The predicted octanol–water partition coefficient (Wildman–Crippen LogP) is 4.34. The maximum atomic E-state index is 13.1. The first-order valence-electron chi connectivity index (χ1n) is 9.81. The fourth-order valence-corrected chi connectivity index (χ4v) is 3.71. The van der Waals surface area contributed by atoms with Crippen LogP contribution in [-0.2, 0) is 4.74 Å². The molecule has 1 aliphatic rings. The molecule has 1 fully saturated rings. The van der Waals surface area contributed by atoms with Gasteiger partial charge in [-0.2, -0.15) is 9.61 Å². The monoisotopic (exact) mass is 407 g/mol. The number of nitrogens with zero attached hydrogens (tertiary/aromatic N) is 5. The molecule has 0 aliphatic carbocycles. The van der Waals surface area contributed by atoms with Gasteiger partial charge in [-0.15, -0.1) is 0 Å². The summed E-state index contributed by atoms with van der Waals surface area (Å²) in [5.41, 5.74) is 1.07. The number of anilines is 1. The number of carbonyl (C=O) groups is 1. The molecule has 8 heteroatoms. The van der Waals surface area contributed by atoms with Gasteiger partial charge in [-0.25, -0.2) is 9.78 Å². The average molecular weight is 408 g/mol. The number of halogens is 1. The molecule has 1 saturated heterocycles. The van der Waals surface area contributed by atoms with E-state index in [-0.39, 0.29) is 12.0 Å². The summed E-state index contributed by atoms with van der Waals surface area (Å²) >= 11 is 6.34. The minimum Gasteiger partial charge on any atom is -0.443 e. The van der Waals surface area contributed by atoms with E-state index in [4.69, 9.17) is 16.3 Å². The van der Waals surface area contributed by atoms with Crippen LogP contribution in [0.1, 0.15) is 58.9 Å². The van der Waals surface area contributed by atoms with Gasteiger partial charge in [-0.05, 0) is 53.1 Å². The van der Waals surface area contributed by atoms with Crippen LogP contribution in [0.25, 0.3) is 5.65 Å². The van der Waals surface area contributed by atoms with Gasteiger partial charge in [-0.1, -0.05) is 25.4 Å². The second-order valence-corrected chi connectivity index (χ2v) is 9.18. The van der Waals surface area contributed by atoms with Gasteiger partial charge in [0.25, 0.3) is 0 Å². The van der Waals surface area contributed by atoms with Crippen LogP contribution in [0.2, 0.25) is 5.15 Å². The predicted molar refractivity (Wildman–Crippen MR) is 111 cm³/mol. The van der Waals surface area contributed by atoms with Crippen molar-refractivity contribution in [2.45, 2.75) is 65.0 Å². The zero-order valence-corrected chi connectivity index (χ0v) is 18.3. The molecular formula is C20H30ClN5O2. The molecule has 1 unspecified atom stereocenters. The van der Waals surface area contributed by atoms with Gasteiger partial charge < -0.3 is 9.64 Å². The van der Waals surface area contributed by atoms with Gasteiger partial charge in [0.1, 0.15) is 16.6 Å². The van der Waals surface area contributed by atoms with Gasteiger partial charge in [0.2, 0.25) is 0 Å². The van der Waals surface area contributed by atoms with E-state index in [1.54, 1.807) is 21.7 Å². The van der Waals surface area contributed by atoms with Gasteiger partial charge in [0.15, 0.2) is 5.65 Å². The molecule has 2 aromatic heterocycles. The van der Waals surface area contributed by atoms with Crippen molar-refractivity contribution in [2.75, 3.05) is 25.0 Å². The Kier molecular flexibility index (Phi) is 5.87. The molecule has 1 amide bonds. The Morgan fingerprint density at radius 1 is 1.43 bits per heavy atom. The third-order valence-corrected chi connectivity index (χ3v) is 5.22. The molecule has 2 aromatic rings. The highest BCUT2D eigenvalue weighted by molar-refractivity contribution is 6.29. The lowest BCUT2D eigenvalue weighted by Crippen LogP contribution is -2.45. The highest BCUT2D eigenvalue weighted by Crippen LogP contribution is 2.28. The average Bonchev–Trinajstić information content (AvgIpc) is 3.16. The van der Waals surface area contributed by atoms with Gasteiger partial charge in [0.05, 0.1) is 6.20 Å². The number of likely N-dealkylation sites (N-methyl/N-ethyl adjacent to an activating group) is 1. The van der Waals surface area contributed by atoms with Crippen molar-refractivity contribution in [3.8, 4) is 0 Å². The molecule has 1 atom stereocenters. The lowest BCUT2D eigenvalue weighted by molar-refractivity contribution is 0.0570. The summed E-state index contributed by atoms with van der Waals surface area (Å²) in [4.78, 5) is 21.5. The van der Waals surface area contributed by atoms with Gasteiger partial charge in [-0.3, -0.25) is 4.90 Å². The molecule has 0 aromatic carbocycles. The third kappa shape index (κ3) is 4.41. The van der Waals surface area contributed by atoms with E-state index in [9.17, 15) is 4.79 Å². The van der Waals surface area contributed by atoms with Crippen molar-refractivity contribution in [1.29, 1.82) is 0 Å². The molecule has 3 rings (SSSR count). The number of ether oxygens (including phenoxy) is 1. The van der Waals surface area contributed by atoms with E-state index >= 15 is 0 Å². The lowest BCUT2D eigenvalue weighted by Gasteiger charge is -2.31. The first-order chi connectivity index (χ1) is 13.1. The Bertz CT molecular complexity index is 858. The zero-order valence-electron chi connectivity index (χ0n) is 17.6. The number of aromatic nitrogens is 3. The van der Waals surface area contributed by atoms with Crippen molar-refractivity contribution in [2.24, 2.45) is 0 Å². The van der Waals surface area contributed by atoms with Gasteiger partial charge >= 0.3 is 6.09 Å². The Morgan fingerprint density at radius 3 is 2.71 bits per heavy atom. The molecule has 28 heavy (non-hydrogen) atoms. The highest BCUT2D eigenvalue weighted by Gasteiger charge is 2.31. The van der Waals surface area contributed by atoms with Crippen LogP contribution >= 0.6 is 11.6 Å². The smallest absolute Gasteiger partial charge is 0.416 e. The molecule has 3 heterocycles. The molecule has 1 aliphatic heterocycles. The second kappa shape index (κ2) is 7.87. The molecule has 0 N–H and O–H groups in total. The maximum absolute atomic E-state index is 13.1. The van der Waals surface area contributed by atoms with E-state index in [0.29, 0.717) is 23.2 Å². The Morgan fingerprint density at radius 2 is 2.14 bits per heavy atom. The Hall–Kier alpha value is -1.86. The molecular weight excluding hydrogens is 378 g/mol. The normalized spacial score (nSPS) is 18.2. The number of amides is 1. The van der Waals surface area contributed by atoms with Crippen molar-refractivity contribution in [3.63, 3.8) is 0 Å². The lowest BCUT2D eigenvalue weighted by atomic mass is 10.1. The molecule has 154 valence electrons. The fraction of sp³-hybridized carbons (Fsp3) is 0.650. The molecule has 0 bridgehead atoms. The van der Waals surface area contributed by atoms with Crippen LogP contribution in [0, 0.1) is 0 Å². The summed E-state index contributed by atoms with van der Waals surface area (Å²) in [7, 11) is 2.09. The number of carbonyl (C=O) groups excluding carboxylic acids is 1. The quantitative estimate of drug-likeness (QED) is 0.705. The van der Waals surface area contributed by atoms with E-state index in [0.717, 1.165) is 24.9 Å². The first-order valence-corrected chi connectivity index (χ1v) is 10.2. The number of rotatable bonds is 4. The van der Waals surface area contributed by atoms with Crippen LogP contribution in [0.4, 0.5) is 10.6 Å². The SMILES string of the molecule is CC(C)c1cnn2c(N(CC3CCCN3C)C(=O)OC(C)(C)C)cc(Cl)nc12. The second-order valence-electron chi connectivity index (χ2n) is 8.79. The van der Waals surface area contributed by atoms with Crippen molar-refractivity contribution >= 4 is 29.2 Å². The van der Waals surface area contributed by atoms with Crippen LogP contribution < -0.4 is 4.90 Å². The topological polar surface area (TPSA) is 63.0 Å². The number of hydrogen-bond acceptors (Lipinski definition) is 5. The van der Waals surface area contributed by atoms with Crippen LogP contribution in [-0.4, -0.2) is 57.4 Å². The summed E-state index contributed by atoms with van der Waals surface area (Å²) in [5.74, 6) is 0.823. The molecule has 7 nitrogen and oxygen atoms in total. The fourth-order valence-electron chi connectivity index (χ4n) is 3.53. The van der Waals surface area contributed by atoms with E-state index < -0.39 is 11.7 Å². The van der Waals surface area contributed by atoms with E-state index in [2.05, 4.69) is 35.9 Å². The van der Waals surface area contributed by atoms with Gasteiger partial charge in [0, 0.05) is 24.2 Å². The zero-order chi connectivity index (χ0) is 20.6. The van der Waals surface area contributed by atoms with Crippen molar-refractivity contribution in [3.05, 3.63) is 23.0 Å². The maximum Gasteiger partial charge on any atom is 0.416 e. The van der Waals surface area contributed by atoms with Crippen molar-refractivity contribution in [1.82, 2.24) is 19.5 Å². The largest absolute Gasteiger partial charge is 0.443 e. The van der Waals surface area contributed by atoms with E-state index in [1.165, 1.54) is 0 Å². The van der Waals surface area contributed by atoms with E-state index in [1.807, 2.05) is 20.8 Å². The minimum atomic E-state index is -0.597. The van der Waals surface area contributed by atoms with Crippen LogP contribution in [0.5, 0.6) is 0 Å². The molecule has 0 radical (unpaired) electrons. The minimum absolute atomic E-state index is 0.243. The Balaban J connectivity index is 2.07. The van der Waals surface area contributed by atoms with Crippen molar-refractivity contribution < 1.29 is 9.53 Å². The summed E-state index contributed by atoms with van der Waals surface area (Å²) in [6, 6.07) is 1.94. The standard InChI is InChI=1S/C20H30ClN5O2/c1-13(2)15-11-22-26-17(10-16(21)23-18(15)26)25(19(27)28-20(3,4)5)12-14-8-7-9-24(14)6/h10-11,13-14H,7-9,12H2,1-6H3. The highest BCUT2D eigenvalue weighted by atomic mass is 35.5. The number of likely N-dealkylation sites (tertiary alicyclic amines) is 1. The summed E-state index contributed by atoms with van der Waals surface area (Å²) < 4.78 is 7.40. The first kappa shape index (κ1) is 20.9. The summed E-state index contributed by atoms with van der Waals surface area (Å²) in [6.45, 7) is 11.3. The third-order valence-electron chi connectivity index (χ3n) is 5.03. The van der Waals surface area contributed by atoms with Crippen LogP contribution in [0.15, 0.2) is 12.3 Å². The van der Waals surface area contributed by atoms with Crippen LogP contribution in [0.3, 0.4) is 0 Å². The Labute approximate surface area is 171 Å². The number of fused-ring (bicyclic) bond motifs is 1. The summed E-state index contributed by atoms with van der Waals surface area (Å²) in [5, 5.41) is 4.84. The molecule has 0 saturated carbocycles. The molecule has 0 spiro atoms. The summed E-state index contributed by atoms with van der Waals surface area (Å²) in [6.07, 6.45) is 3.54.